The van der Waals surface area contributed by atoms with Crippen molar-refractivity contribution in [1.82, 2.24) is 10.6 Å². The topological polar surface area (TPSA) is 95.4 Å². The zero-order valence-corrected chi connectivity index (χ0v) is 19.7. The number of ether oxygens (including phenoxy) is 2. The number of carbonyl (C=O) groups excluding carboxylic acids is 1. The van der Waals surface area contributed by atoms with E-state index in [1.165, 1.54) is 0 Å². The van der Waals surface area contributed by atoms with Crippen molar-refractivity contribution in [2.24, 2.45) is 5.92 Å². The van der Waals surface area contributed by atoms with Crippen molar-refractivity contribution in [3.05, 3.63) is 63.9 Å². The van der Waals surface area contributed by atoms with Crippen molar-refractivity contribution in [2.45, 2.75) is 13.0 Å². The molecule has 2 atom stereocenters. The van der Waals surface area contributed by atoms with Crippen LogP contribution in [0.2, 0.25) is 0 Å². The van der Waals surface area contributed by atoms with Crippen molar-refractivity contribution < 1.29 is 14.3 Å². The second-order valence-corrected chi connectivity index (χ2v) is 8.21. The molecule has 2 aromatic carbocycles. The van der Waals surface area contributed by atoms with E-state index in [9.17, 15) is 4.79 Å². The van der Waals surface area contributed by atoms with Gasteiger partial charge >= 0.3 is 0 Å². The Hall–Kier alpha value is -2.84. The molecule has 3 N–H and O–H groups in total. The molecule has 1 aliphatic heterocycles. The maximum absolute atomic E-state index is 13.2. The van der Waals surface area contributed by atoms with Gasteiger partial charge in [-0.1, -0.05) is 24.8 Å². The van der Waals surface area contributed by atoms with Crippen LogP contribution in [0.5, 0.6) is 11.5 Å². The molecule has 1 fully saturated rings. The van der Waals surface area contributed by atoms with E-state index in [1.807, 2.05) is 49.4 Å². The molecule has 160 valence electrons. The number of benzene rings is 2. The Kier molecular flexibility index (Phi) is 7.70. The minimum atomic E-state index is -0.636. The first kappa shape index (κ1) is 22.8. The van der Waals surface area contributed by atoms with Gasteiger partial charge in [-0.05, 0) is 71.6 Å². The highest BCUT2D eigenvalue weighted by Crippen LogP contribution is 2.39. The summed E-state index contributed by atoms with van der Waals surface area (Å²) in [6, 6.07) is 14.4. The number of halogens is 1. The maximum atomic E-state index is 13.2. The van der Waals surface area contributed by atoms with Crippen molar-refractivity contribution in [1.29, 1.82) is 5.26 Å². The number of hydrogen-bond acceptors (Lipinski definition) is 5. The van der Waals surface area contributed by atoms with Gasteiger partial charge in [-0.15, -0.1) is 0 Å². The number of amides is 1. The molecule has 3 rings (SSSR count). The standard InChI is InChI=1S/C22H21IN4O3S/c1-3-29-17-12-14(11-16(23)20(17)30-10-9-24)19-18(13(2)25-22(31)27-19)21(28)26-15-7-5-4-6-8-15/h4-8,11-12,18-19H,2-3,10H2,1H3,(H,26,28)(H2,25,27,31)/t18-,19+/m0/s1. The number of nitrogens with one attached hydrogen (secondary N) is 3. The van der Waals surface area contributed by atoms with E-state index in [1.54, 1.807) is 6.07 Å². The number of nitriles is 1. The molecule has 1 aliphatic rings. The molecule has 0 bridgehead atoms. The predicted molar refractivity (Wildman–Crippen MR) is 131 cm³/mol. The fourth-order valence-corrected chi connectivity index (χ4v) is 4.33. The van der Waals surface area contributed by atoms with Crippen molar-refractivity contribution in [3.63, 3.8) is 0 Å². The van der Waals surface area contributed by atoms with E-state index in [4.69, 9.17) is 27.0 Å². The average Bonchev–Trinajstić information content (AvgIpc) is 2.73. The highest BCUT2D eigenvalue weighted by atomic mass is 127. The zero-order valence-electron chi connectivity index (χ0n) is 16.8. The molecule has 1 heterocycles. The highest BCUT2D eigenvalue weighted by Gasteiger charge is 2.37. The highest BCUT2D eigenvalue weighted by molar-refractivity contribution is 14.1. The van der Waals surface area contributed by atoms with E-state index in [0.717, 1.165) is 9.13 Å². The van der Waals surface area contributed by atoms with Gasteiger partial charge < -0.3 is 25.4 Å². The average molecular weight is 548 g/mol. The van der Waals surface area contributed by atoms with E-state index in [0.29, 0.717) is 34.6 Å². The van der Waals surface area contributed by atoms with Gasteiger partial charge in [0, 0.05) is 11.4 Å². The summed E-state index contributed by atoms with van der Waals surface area (Å²) in [7, 11) is 0. The summed E-state index contributed by atoms with van der Waals surface area (Å²) in [6.07, 6.45) is 0. The molecule has 0 spiro atoms. The van der Waals surface area contributed by atoms with Gasteiger partial charge in [-0.3, -0.25) is 4.79 Å². The van der Waals surface area contributed by atoms with E-state index >= 15 is 0 Å². The third-order valence-corrected chi connectivity index (χ3v) is 5.59. The van der Waals surface area contributed by atoms with Crippen molar-refractivity contribution in [3.8, 4) is 17.6 Å². The van der Waals surface area contributed by atoms with Crippen LogP contribution in [0.15, 0.2) is 54.7 Å². The van der Waals surface area contributed by atoms with Crippen LogP contribution in [-0.2, 0) is 4.79 Å². The Morgan fingerprint density at radius 3 is 2.74 bits per heavy atom. The van der Waals surface area contributed by atoms with Gasteiger partial charge in [0.25, 0.3) is 0 Å². The van der Waals surface area contributed by atoms with Crippen LogP contribution >= 0.6 is 34.8 Å². The smallest absolute Gasteiger partial charge is 0.235 e. The molecule has 9 heteroatoms. The number of carbonyl (C=O) groups is 1. The summed E-state index contributed by atoms with van der Waals surface area (Å²) in [5.41, 5.74) is 1.98. The third kappa shape index (κ3) is 5.45. The molecule has 1 amide bonds. The minimum absolute atomic E-state index is 0.0932. The lowest BCUT2D eigenvalue weighted by Crippen LogP contribution is -2.51. The summed E-state index contributed by atoms with van der Waals surface area (Å²) in [5, 5.41) is 18.3. The molecular formula is C22H21IN4O3S. The lowest BCUT2D eigenvalue weighted by atomic mass is 9.88. The van der Waals surface area contributed by atoms with Crippen LogP contribution in [0.25, 0.3) is 0 Å². The number of rotatable bonds is 7. The largest absolute Gasteiger partial charge is 0.490 e. The molecule has 2 aromatic rings. The fraction of sp³-hybridized carbons (Fsp3) is 0.227. The molecule has 0 aliphatic carbocycles. The second-order valence-electron chi connectivity index (χ2n) is 6.64. The Bertz CT molecular complexity index is 1040. The molecule has 0 aromatic heterocycles. The lowest BCUT2D eigenvalue weighted by molar-refractivity contribution is -0.119. The number of hydrogen-bond donors (Lipinski definition) is 3. The van der Waals surface area contributed by atoms with Crippen LogP contribution in [-0.4, -0.2) is 24.2 Å². The Morgan fingerprint density at radius 2 is 2.06 bits per heavy atom. The van der Waals surface area contributed by atoms with Gasteiger partial charge in [0.1, 0.15) is 12.0 Å². The van der Waals surface area contributed by atoms with Gasteiger partial charge in [0.2, 0.25) is 5.91 Å². The van der Waals surface area contributed by atoms with Crippen LogP contribution in [0.3, 0.4) is 0 Å². The van der Waals surface area contributed by atoms with Crippen LogP contribution in [0, 0.1) is 20.8 Å². The summed E-state index contributed by atoms with van der Waals surface area (Å²) >= 11 is 7.45. The minimum Gasteiger partial charge on any atom is -0.490 e. The second kappa shape index (κ2) is 10.5. The maximum Gasteiger partial charge on any atom is 0.235 e. The summed E-state index contributed by atoms with van der Waals surface area (Å²) in [4.78, 5) is 13.2. The summed E-state index contributed by atoms with van der Waals surface area (Å²) < 4.78 is 12.1. The predicted octanol–water partition coefficient (Wildman–Crippen LogP) is 3.88. The van der Waals surface area contributed by atoms with Crippen LogP contribution in [0.4, 0.5) is 5.69 Å². The van der Waals surface area contributed by atoms with E-state index < -0.39 is 12.0 Å². The summed E-state index contributed by atoms with van der Waals surface area (Å²) in [5.74, 6) is 0.136. The van der Waals surface area contributed by atoms with Gasteiger partial charge in [-0.2, -0.15) is 5.26 Å². The zero-order chi connectivity index (χ0) is 22.4. The Balaban J connectivity index is 1.98. The van der Waals surface area contributed by atoms with Gasteiger partial charge in [-0.25, -0.2) is 0 Å². The monoisotopic (exact) mass is 548 g/mol. The fourth-order valence-electron chi connectivity index (χ4n) is 3.29. The number of para-hydroxylation sites is 1. The van der Waals surface area contributed by atoms with Gasteiger partial charge in [0.05, 0.1) is 16.2 Å². The Morgan fingerprint density at radius 1 is 1.32 bits per heavy atom. The molecule has 31 heavy (non-hydrogen) atoms. The normalized spacial score (nSPS) is 17.7. The molecule has 0 saturated carbocycles. The van der Waals surface area contributed by atoms with Gasteiger partial charge in [0.15, 0.2) is 23.2 Å². The SMILES string of the molecule is C=C1NC(=S)N[C@H](c2cc(I)c(OCC#N)c(OCC)c2)[C@H]1C(=O)Nc1ccccc1. The van der Waals surface area contributed by atoms with Crippen molar-refractivity contribution in [2.75, 3.05) is 18.5 Å². The molecule has 0 unspecified atom stereocenters. The first-order chi connectivity index (χ1) is 14.9. The van der Waals surface area contributed by atoms with E-state index in [2.05, 4.69) is 45.1 Å². The molecule has 7 nitrogen and oxygen atoms in total. The third-order valence-electron chi connectivity index (χ3n) is 4.57. The van der Waals surface area contributed by atoms with Crippen LogP contribution < -0.4 is 25.4 Å². The van der Waals surface area contributed by atoms with Crippen molar-refractivity contribution >= 4 is 51.5 Å². The number of anilines is 1. The summed E-state index contributed by atoms with van der Waals surface area (Å²) in [6.45, 7) is 6.22. The molecule has 1 saturated heterocycles. The lowest BCUT2D eigenvalue weighted by Gasteiger charge is -2.35. The first-order valence-electron chi connectivity index (χ1n) is 9.52. The number of nitrogens with zero attached hydrogens (tertiary/aromatic N) is 1. The first-order valence-corrected chi connectivity index (χ1v) is 11.0. The molecular weight excluding hydrogens is 527 g/mol. The Labute approximate surface area is 199 Å². The molecule has 0 radical (unpaired) electrons. The van der Waals surface area contributed by atoms with Crippen LogP contribution in [0.1, 0.15) is 18.5 Å². The quantitative estimate of drug-likeness (QED) is 0.357. The number of thiocarbonyl (C=S) groups is 1. The van der Waals surface area contributed by atoms with E-state index in [-0.39, 0.29) is 12.5 Å².